The molecular weight excluding hydrogens is 410 g/mol. The molecule has 0 aliphatic heterocycles. The van der Waals surface area contributed by atoms with E-state index in [-0.39, 0.29) is 22.6 Å². The number of rotatable bonds is 14. The summed E-state index contributed by atoms with van der Waals surface area (Å²) in [5.41, 5.74) is 0.280. The molecule has 0 radical (unpaired) electrons. The first kappa shape index (κ1) is 29.0. The second-order valence-corrected chi connectivity index (χ2v) is 10.9. The Balaban J connectivity index is 2.51. The highest BCUT2D eigenvalue weighted by molar-refractivity contribution is 5.72. The van der Waals surface area contributed by atoms with Crippen molar-refractivity contribution in [1.82, 2.24) is 0 Å². The quantitative estimate of drug-likeness (QED) is 0.249. The van der Waals surface area contributed by atoms with Gasteiger partial charge in [0, 0.05) is 5.56 Å². The second kappa shape index (κ2) is 13.7. The smallest absolute Gasteiger partial charge is 0.137 e. The molecule has 0 unspecified atom stereocenters. The molecule has 3 atom stereocenters. The standard InChI is InChI=1S/C29H47NO3/c1-20(2)11-8-12-21(3)13-9-14-22(4)15-10-17-29(7,33)18-16-25-26(19-30)28(32)24(6)23(5)27(25)31/h16,18,20-22,31-33H,8-15,17H2,1-7H3/t21-,22-,29-/m1/s1. The summed E-state index contributed by atoms with van der Waals surface area (Å²) in [6.45, 7) is 14.4. The highest BCUT2D eigenvalue weighted by Crippen LogP contribution is 2.37. The average Bonchev–Trinajstić information content (AvgIpc) is 2.73. The number of benzene rings is 1. The first-order valence-electron chi connectivity index (χ1n) is 12.8. The van der Waals surface area contributed by atoms with Crippen LogP contribution in [0.2, 0.25) is 0 Å². The second-order valence-electron chi connectivity index (χ2n) is 10.9. The van der Waals surface area contributed by atoms with Gasteiger partial charge in [-0.3, -0.25) is 0 Å². The maximum absolute atomic E-state index is 10.8. The molecule has 1 aromatic carbocycles. The van der Waals surface area contributed by atoms with Gasteiger partial charge in [0.15, 0.2) is 0 Å². The van der Waals surface area contributed by atoms with Gasteiger partial charge in [-0.05, 0) is 56.1 Å². The minimum atomic E-state index is -1.04. The van der Waals surface area contributed by atoms with Crippen LogP contribution in [0.3, 0.4) is 0 Å². The molecule has 33 heavy (non-hydrogen) atoms. The summed E-state index contributed by atoms with van der Waals surface area (Å²) in [4.78, 5) is 0. The van der Waals surface area contributed by atoms with E-state index in [1.807, 2.05) is 6.07 Å². The van der Waals surface area contributed by atoms with E-state index >= 15 is 0 Å². The summed E-state index contributed by atoms with van der Waals surface area (Å²) in [7, 11) is 0. The third-order valence-electron chi connectivity index (χ3n) is 7.01. The van der Waals surface area contributed by atoms with Gasteiger partial charge in [-0.2, -0.15) is 5.26 Å². The third kappa shape index (κ3) is 9.80. The first-order chi connectivity index (χ1) is 15.4. The van der Waals surface area contributed by atoms with E-state index in [0.29, 0.717) is 23.5 Å². The van der Waals surface area contributed by atoms with Crippen LogP contribution >= 0.6 is 0 Å². The Morgan fingerprint density at radius 3 is 1.85 bits per heavy atom. The lowest BCUT2D eigenvalue weighted by atomic mass is 9.89. The van der Waals surface area contributed by atoms with Gasteiger partial charge in [-0.15, -0.1) is 0 Å². The Morgan fingerprint density at radius 1 is 0.848 bits per heavy atom. The Labute approximate surface area is 202 Å². The number of phenolic OH excluding ortho intramolecular Hbond substituents is 2. The fourth-order valence-electron chi connectivity index (χ4n) is 4.40. The van der Waals surface area contributed by atoms with Crippen LogP contribution in [-0.2, 0) is 0 Å². The van der Waals surface area contributed by atoms with Gasteiger partial charge < -0.3 is 15.3 Å². The van der Waals surface area contributed by atoms with E-state index in [0.717, 1.165) is 24.7 Å². The number of aliphatic hydroxyl groups is 1. The van der Waals surface area contributed by atoms with Crippen molar-refractivity contribution in [2.24, 2.45) is 17.8 Å². The van der Waals surface area contributed by atoms with Crippen LogP contribution in [0.15, 0.2) is 6.08 Å². The summed E-state index contributed by atoms with van der Waals surface area (Å²) >= 11 is 0. The van der Waals surface area contributed by atoms with E-state index in [4.69, 9.17) is 0 Å². The predicted octanol–water partition coefficient (Wildman–Crippen LogP) is 7.79. The zero-order chi connectivity index (χ0) is 25.2. The molecule has 186 valence electrons. The molecule has 0 amide bonds. The summed E-state index contributed by atoms with van der Waals surface area (Å²) in [5.74, 6) is 2.10. The monoisotopic (exact) mass is 457 g/mol. The molecule has 4 nitrogen and oxygen atoms in total. The van der Waals surface area contributed by atoms with Crippen LogP contribution in [0.25, 0.3) is 6.08 Å². The normalized spacial score (nSPS) is 15.5. The molecule has 0 saturated heterocycles. The van der Waals surface area contributed by atoms with Gasteiger partial charge in [-0.1, -0.05) is 91.2 Å². The number of nitrogens with zero attached hydrogens (tertiary/aromatic N) is 1. The topological polar surface area (TPSA) is 84.5 Å². The van der Waals surface area contributed by atoms with Crippen LogP contribution in [0.5, 0.6) is 11.5 Å². The maximum atomic E-state index is 10.8. The molecule has 0 heterocycles. The van der Waals surface area contributed by atoms with Gasteiger partial charge in [0.1, 0.15) is 23.1 Å². The van der Waals surface area contributed by atoms with Crippen LogP contribution in [0, 0.1) is 42.9 Å². The zero-order valence-corrected chi connectivity index (χ0v) is 22.0. The van der Waals surface area contributed by atoms with E-state index in [2.05, 4.69) is 27.7 Å². The van der Waals surface area contributed by atoms with Gasteiger partial charge in [0.2, 0.25) is 0 Å². The van der Waals surface area contributed by atoms with Gasteiger partial charge in [0.05, 0.1) is 5.60 Å². The average molecular weight is 458 g/mol. The third-order valence-corrected chi connectivity index (χ3v) is 7.01. The van der Waals surface area contributed by atoms with Crippen molar-refractivity contribution in [1.29, 1.82) is 5.26 Å². The van der Waals surface area contributed by atoms with E-state index < -0.39 is 5.60 Å². The molecule has 0 spiro atoms. The van der Waals surface area contributed by atoms with Gasteiger partial charge >= 0.3 is 0 Å². The van der Waals surface area contributed by atoms with Crippen LogP contribution < -0.4 is 0 Å². The van der Waals surface area contributed by atoms with Crippen molar-refractivity contribution in [3.8, 4) is 17.6 Å². The van der Waals surface area contributed by atoms with Crippen LogP contribution in [0.1, 0.15) is 115 Å². The Bertz CT molecular complexity index is 817. The van der Waals surface area contributed by atoms with Gasteiger partial charge in [-0.25, -0.2) is 0 Å². The van der Waals surface area contributed by atoms with E-state index in [1.165, 1.54) is 38.5 Å². The fraction of sp³-hybridized carbons (Fsp3) is 0.690. The van der Waals surface area contributed by atoms with E-state index in [1.54, 1.807) is 32.9 Å². The largest absolute Gasteiger partial charge is 0.507 e. The molecule has 0 aliphatic rings. The van der Waals surface area contributed by atoms with Crippen molar-refractivity contribution in [2.75, 3.05) is 0 Å². The Morgan fingerprint density at radius 2 is 1.33 bits per heavy atom. The zero-order valence-electron chi connectivity index (χ0n) is 22.0. The number of hydrogen-bond donors (Lipinski definition) is 3. The summed E-state index contributed by atoms with van der Waals surface area (Å²) in [6, 6.07) is 1.97. The van der Waals surface area contributed by atoms with E-state index in [9.17, 15) is 20.6 Å². The molecule has 0 fully saturated rings. The Kier molecular flexibility index (Phi) is 12.0. The lowest BCUT2D eigenvalue weighted by Gasteiger charge is -2.21. The lowest BCUT2D eigenvalue weighted by molar-refractivity contribution is 0.0979. The van der Waals surface area contributed by atoms with Gasteiger partial charge in [0.25, 0.3) is 0 Å². The summed E-state index contributed by atoms with van der Waals surface area (Å²) < 4.78 is 0. The molecule has 0 aromatic heterocycles. The molecule has 1 rings (SSSR count). The summed E-state index contributed by atoms with van der Waals surface area (Å²) in [5, 5.41) is 40.9. The number of hydrogen-bond acceptors (Lipinski definition) is 4. The van der Waals surface area contributed by atoms with Crippen molar-refractivity contribution in [3.05, 3.63) is 28.3 Å². The molecule has 1 aromatic rings. The summed E-state index contributed by atoms with van der Waals surface area (Å²) in [6.07, 6.45) is 13.6. The highest BCUT2D eigenvalue weighted by atomic mass is 16.3. The lowest BCUT2D eigenvalue weighted by Crippen LogP contribution is -2.20. The SMILES string of the molecule is Cc1c(C)c(O)c(C=C[C@](C)(O)CCC[C@H](C)CCC[C@H](C)CCCC(C)C)c(C#N)c1O. The molecule has 0 aliphatic carbocycles. The highest BCUT2D eigenvalue weighted by Gasteiger charge is 2.20. The van der Waals surface area contributed by atoms with Crippen molar-refractivity contribution >= 4 is 6.08 Å². The van der Waals surface area contributed by atoms with Crippen LogP contribution in [0.4, 0.5) is 0 Å². The number of nitriles is 1. The molecule has 0 bridgehead atoms. The maximum Gasteiger partial charge on any atom is 0.137 e. The van der Waals surface area contributed by atoms with Crippen molar-refractivity contribution in [3.63, 3.8) is 0 Å². The fourth-order valence-corrected chi connectivity index (χ4v) is 4.40. The minimum Gasteiger partial charge on any atom is -0.507 e. The van der Waals surface area contributed by atoms with Crippen molar-refractivity contribution in [2.45, 2.75) is 112 Å². The molecule has 0 saturated carbocycles. The first-order valence-corrected chi connectivity index (χ1v) is 12.8. The van der Waals surface area contributed by atoms with Crippen molar-refractivity contribution < 1.29 is 15.3 Å². The Hall–Kier alpha value is -1.99. The molecular formula is C29H47NO3. The molecule has 4 heteroatoms. The predicted molar refractivity (Wildman–Crippen MR) is 138 cm³/mol. The minimum absolute atomic E-state index is 0.0269. The van der Waals surface area contributed by atoms with Crippen LogP contribution in [-0.4, -0.2) is 20.9 Å². The molecule has 3 N–H and O–H groups in total. The number of phenols is 2. The number of aromatic hydroxyl groups is 2.